The molecule has 0 atom stereocenters. The molecule has 0 unspecified atom stereocenters. The first-order chi connectivity index (χ1) is 11.6. The fourth-order valence-electron chi connectivity index (χ4n) is 3.16. The third-order valence-electron chi connectivity index (χ3n) is 4.76. The lowest BCUT2D eigenvalue weighted by Gasteiger charge is -2.36. The van der Waals surface area contributed by atoms with E-state index in [0.29, 0.717) is 5.82 Å². The van der Waals surface area contributed by atoms with E-state index in [9.17, 15) is 9.59 Å². The Hall–Kier alpha value is -2.05. The molecule has 0 N–H and O–H groups in total. The molecule has 2 aromatic rings. The zero-order chi connectivity index (χ0) is 17.1. The Morgan fingerprint density at radius 1 is 0.920 bits per heavy atom. The van der Waals surface area contributed by atoms with E-state index in [1.54, 1.807) is 17.7 Å². The smallest absolute Gasteiger partial charge is 0.332 e. The van der Waals surface area contributed by atoms with Crippen molar-refractivity contribution in [1.82, 2.24) is 14.0 Å². The van der Waals surface area contributed by atoms with Gasteiger partial charge in [0.15, 0.2) is 0 Å². The van der Waals surface area contributed by atoms with Gasteiger partial charge in [-0.25, -0.2) is 4.79 Å². The molecule has 0 bridgehead atoms. The number of benzene rings is 1. The minimum absolute atomic E-state index is 0. The number of nitrogens with zero attached hydrogens (tertiary/aromatic N) is 4. The van der Waals surface area contributed by atoms with E-state index >= 15 is 0 Å². The molecule has 1 aliphatic rings. The quantitative estimate of drug-likeness (QED) is 0.808. The highest BCUT2D eigenvalue weighted by Gasteiger charge is 2.20. The maximum Gasteiger partial charge on any atom is 0.332 e. The standard InChI is InChI=1S/C18H24N4O2.ClH/c1-19-16(14-17(23)20(2)18(19)24)22-12-10-21(11-13-22)9-8-15-6-4-3-5-7-15;/h3-7,14H,8-13H2,1-2H3;1H. The summed E-state index contributed by atoms with van der Waals surface area (Å²) < 4.78 is 2.70. The van der Waals surface area contributed by atoms with Crippen LogP contribution >= 0.6 is 12.4 Å². The highest BCUT2D eigenvalue weighted by Crippen LogP contribution is 2.12. The largest absolute Gasteiger partial charge is 0.355 e. The summed E-state index contributed by atoms with van der Waals surface area (Å²) in [6.07, 6.45) is 1.05. The molecule has 7 heteroatoms. The number of hydrogen-bond donors (Lipinski definition) is 0. The lowest BCUT2D eigenvalue weighted by Crippen LogP contribution is -2.49. The zero-order valence-electron chi connectivity index (χ0n) is 14.7. The predicted octanol–water partition coefficient (Wildman–Crippen LogP) is 0.871. The number of halogens is 1. The van der Waals surface area contributed by atoms with Crippen LogP contribution in [0, 0.1) is 0 Å². The number of aromatic nitrogens is 2. The Bertz CT molecular complexity index is 808. The van der Waals surface area contributed by atoms with Crippen molar-refractivity contribution in [3.63, 3.8) is 0 Å². The number of anilines is 1. The molecule has 0 amide bonds. The maximum absolute atomic E-state index is 12.1. The van der Waals surface area contributed by atoms with Gasteiger partial charge in [0.25, 0.3) is 5.56 Å². The van der Waals surface area contributed by atoms with E-state index in [4.69, 9.17) is 0 Å². The highest BCUT2D eigenvalue weighted by molar-refractivity contribution is 5.85. The monoisotopic (exact) mass is 364 g/mol. The molecule has 2 heterocycles. The van der Waals surface area contributed by atoms with Crippen LogP contribution in [0.25, 0.3) is 0 Å². The molecule has 6 nitrogen and oxygen atoms in total. The van der Waals surface area contributed by atoms with Crippen molar-refractivity contribution in [2.45, 2.75) is 6.42 Å². The average Bonchev–Trinajstić information content (AvgIpc) is 2.62. The van der Waals surface area contributed by atoms with Crippen molar-refractivity contribution in [2.24, 2.45) is 14.1 Å². The molecule has 0 spiro atoms. The van der Waals surface area contributed by atoms with Gasteiger partial charge in [-0.1, -0.05) is 30.3 Å². The van der Waals surface area contributed by atoms with Gasteiger partial charge in [0, 0.05) is 52.9 Å². The molecule has 0 radical (unpaired) electrons. The van der Waals surface area contributed by atoms with E-state index in [1.165, 1.54) is 12.6 Å². The minimum atomic E-state index is -0.274. The molecule has 1 aromatic carbocycles. The van der Waals surface area contributed by atoms with Crippen molar-refractivity contribution in [3.8, 4) is 0 Å². The lowest BCUT2D eigenvalue weighted by molar-refractivity contribution is 0.259. The predicted molar refractivity (Wildman–Crippen MR) is 103 cm³/mol. The zero-order valence-corrected chi connectivity index (χ0v) is 15.5. The average molecular weight is 365 g/mol. The Morgan fingerprint density at radius 3 is 2.20 bits per heavy atom. The molecule has 1 saturated heterocycles. The van der Waals surface area contributed by atoms with Crippen LogP contribution in [0.2, 0.25) is 0 Å². The highest BCUT2D eigenvalue weighted by atomic mass is 35.5. The molecular formula is C18H25ClN4O2. The van der Waals surface area contributed by atoms with Crippen LogP contribution in [0.4, 0.5) is 5.82 Å². The van der Waals surface area contributed by atoms with Crippen molar-refractivity contribution in [1.29, 1.82) is 0 Å². The summed E-state index contributed by atoms with van der Waals surface area (Å²) in [5.41, 5.74) is 0.831. The van der Waals surface area contributed by atoms with Crippen LogP contribution in [0.3, 0.4) is 0 Å². The molecule has 25 heavy (non-hydrogen) atoms. The normalized spacial score (nSPS) is 15.0. The molecular weight excluding hydrogens is 340 g/mol. The third kappa shape index (κ3) is 4.32. The first-order valence-electron chi connectivity index (χ1n) is 8.34. The van der Waals surface area contributed by atoms with Crippen molar-refractivity contribution >= 4 is 18.2 Å². The van der Waals surface area contributed by atoms with Gasteiger partial charge in [-0.15, -0.1) is 12.4 Å². The maximum atomic E-state index is 12.1. The number of hydrogen-bond acceptors (Lipinski definition) is 4. The second-order valence-electron chi connectivity index (χ2n) is 6.31. The molecule has 1 aliphatic heterocycles. The van der Waals surface area contributed by atoms with Crippen LogP contribution in [0.1, 0.15) is 5.56 Å². The minimum Gasteiger partial charge on any atom is -0.355 e. The summed E-state index contributed by atoms with van der Waals surface area (Å²) in [5.74, 6) is 0.714. The van der Waals surface area contributed by atoms with Gasteiger partial charge in [-0.05, 0) is 12.0 Å². The van der Waals surface area contributed by atoms with E-state index in [1.807, 2.05) is 6.07 Å². The third-order valence-corrected chi connectivity index (χ3v) is 4.76. The van der Waals surface area contributed by atoms with Crippen LogP contribution < -0.4 is 16.1 Å². The van der Waals surface area contributed by atoms with Crippen LogP contribution in [-0.2, 0) is 20.5 Å². The van der Waals surface area contributed by atoms with E-state index in [2.05, 4.69) is 34.1 Å². The van der Waals surface area contributed by atoms with Gasteiger partial charge in [-0.3, -0.25) is 18.8 Å². The summed E-state index contributed by atoms with van der Waals surface area (Å²) in [5, 5.41) is 0. The first kappa shape index (κ1) is 19.3. The summed E-state index contributed by atoms with van der Waals surface area (Å²) >= 11 is 0. The van der Waals surface area contributed by atoms with Gasteiger partial charge in [0.05, 0.1) is 0 Å². The second kappa shape index (κ2) is 8.36. The van der Waals surface area contributed by atoms with Crippen molar-refractivity contribution in [3.05, 3.63) is 62.8 Å². The van der Waals surface area contributed by atoms with Gasteiger partial charge in [0.1, 0.15) is 5.82 Å². The van der Waals surface area contributed by atoms with E-state index < -0.39 is 0 Å². The molecule has 0 aliphatic carbocycles. The van der Waals surface area contributed by atoms with Crippen LogP contribution in [0.15, 0.2) is 46.0 Å². The molecule has 136 valence electrons. The molecule has 3 rings (SSSR count). The van der Waals surface area contributed by atoms with Gasteiger partial charge >= 0.3 is 5.69 Å². The number of rotatable bonds is 4. The topological polar surface area (TPSA) is 50.5 Å². The van der Waals surface area contributed by atoms with Crippen LogP contribution in [0.5, 0.6) is 0 Å². The Kier molecular flexibility index (Phi) is 6.45. The lowest BCUT2D eigenvalue weighted by atomic mass is 10.1. The SMILES string of the molecule is Cl.Cn1c(N2CCN(CCc3ccccc3)CC2)cc(=O)n(C)c1=O. The number of piperazine rings is 1. The fourth-order valence-corrected chi connectivity index (χ4v) is 3.16. The Labute approximate surface area is 153 Å². The van der Waals surface area contributed by atoms with Crippen LogP contribution in [-0.4, -0.2) is 46.8 Å². The van der Waals surface area contributed by atoms with Crippen molar-refractivity contribution in [2.75, 3.05) is 37.6 Å². The molecule has 1 fully saturated rings. The van der Waals surface area contributed by atoms with E-state index in [-0.39, 0.29) is 23.7 Å². The van der Waals surface area contributed by atoms with Gasteiger partial charge in [-0.2, -0.15) is 0 Å². The Balaban J connectivity index is 0.00000225. The summed E-state index contributed by atoms with van der Waals surface area (Å²) in [6, 6.07) is 12.1. The van der Waals surface area contributed by atoms with Gasteiger partial charge < -0.3 is 4.90 Å². The molecule has 0 saturated carbocycles. The second-order valence-corrected chi connectivity index (χ2v) is 6.31. The summed E-state index contributed by atoms with van der Waals surface area (Å²) in [7, 11) is 3.23. The fraction of sp³-hybridized carbons (Fsp3) is 0.444. The van der Waals surface area contributed by atoms with E-state index in [0.717, 1.165) is 43.7 Å². The summed E-state index contributed by atoms with van der Waals surface area (Å²) in [4.78, 5) is 28.5. The summed E-state index contributed by atoms with van der Waals surface area (Å²) in [6.45, 7) is 4.57. The first-order valence-corrected chi connectivity index (χ1v) is 8.34. The van der Waals surface area contributed by atoms with Gasteiger partial charge in [0.2, 0.25) is 0 Å². The Morgan fingerprint density at radius 2 is 1.56 bits per heavy atom. The molecule has 1 aromatic heterocycles. The van der Waals surface area contributed by atoms with Crippen molar-refractivity contribution < 1.29 is 0 Å².